The van der Waals surface area contributed by atoms with E-state index in [1.54, 1.807) is 7.11 Å². The van der Waals surface area contributed by atoms with Gasteiger partial charge in [0.05, 0.1) is 18.5 Å². The lowest BCUT2D eigenvalue weighted by Gasteiger charge is -2.10. The van der Waals surface area contributed by atoms with Gasteiger partial charge in [-0.1, -0.05) is 24.6 Å². The second kappa shape index (κ2) is 10.1. The Kier molecular flexibility index (Phi) is 6.99. The molecule has 2 aromatic carbocycles. The van der Waals surface area contributed by atoms with Crippen molar-refractivity contribution >= 4 is 23.2 Å². The predicted octanol–water partition coefficient (Wildman–Crippen LogP) is 6.10. The molecule has 0 bridgehead atoms. The van der Waals surface area contributed by atoms with Gasteiger partial charge in [0.25, 0.3) is 0 Å². The van der Waals surface area contributed by atoms with Crippen LogP contribution in [-0.4, -0.2) is 28.9 Å². The third kappa shape index (κ3) is 5.04. The first-order valence-electron chi connectivity index (χ1n) is 11.2. The van der Waals surface area contributed by atoms with Crippen LogP contribution in [0.15, 0.2) is 60.8 Å². The number of fused-ring (bicyclic) bond motifs is 1. The van der Waals surface area contributed by atoms with Gasteiger partial charge in [-0.15, -0.1) is 0 Å². The van der Waals surface area contributed by atoms with Crippen LogP contribution in [0.25, 0.3) is 28.0 Å². The molecule has 4 rings (SSSR count). The summed E-state index contributed by atoms with van der Waals surface area (Å²) in [4.78, 5) is 17.3. The molecular weight excluding hydrogens is 434 g/mol. The molecule has 0 saturated heterocycles. The van der Waals surface area contributed by atoms with Gasteiger partial charge in [-0.2, -0.15) is 0 Å². The number of methoxy groups -OCH3 is 1. The topological polar surface area (TPSA) is 55.6 Å². The molecule has 0 unspecified atom stereocenters. The lowest BCUT2D eigenvalue weighted by Crippen LogP contribution is -2.24. The summed E-state index contributed by atoms with van der Waals surface area (Å²) in [6, 6.07) is 17.9. The van der Waals surface area contributed by atoms with E-state index in [4.69, 9.17) is 21.3 Å². The van der Waals surface area contributed by atoms with Crippen LogP contribution in [0.3, 0.4) is 0 Å². The van der Waals surface area contributed by atoms with Crippen molar-refractivity contribution in [2.45, 2.75) is 33.1 Å². The highest BCUT2D eigenvalue weighted by Gasteiger charge is 2.17. The standard InChI is InChI=1S/C27H28ClN3O2/c1-4-15-29-26(32)14-12-24-27(19-5-9-22(33-3)10-6-19)30-25-13-7-20(17-31(24)25)23-11-8-21(28)16-18(23)2/h5-11,13,16-17H,4,12,14-15H2,1-3H3,(H,29,32). The number of carbonyl (C=O) groups is 1. The highest BCUT2D eigenvalue weighted by molar-refractivity contribution is 6.30. The van der Waals surface area contributed by atoms with Gasteiger partial charge in [-0.25, -0.2) is 4.98 Å². The van der Waals surface area contributed by atoms with Crippen LogP contribution in [0, 0.1) is 6.92 Å². The lowest BCUT2D eigenvalue weighted by molar-refractivity contribution is -0.121. The van der Waals surface area contributed by atoms with Gasteiger partial charge in [-0.05, 0) is 85.0 Å². The van der Waals surface area contributed by atoms with Crippen LogP contribution < -0.4 is 10.1 Å². The van der Waals surface area contributed by atoms with E-state index in [0.717, 1.165) is 56.5 Å². The van der Waals surface area contributed by atoms with Crippen molar-refractivity contribution in [2.24, 2.45) is 0 Å². The average Bonchev–Trinajstić information content (AvgIpc) is 3.19. The molecule has 5 nitrogen and oxygen atoms in total. The Morgan fingerprint density at radius 1 is 1.09 bits per heavy atom. The molecule has 1 N–H and O–H groups in total. The number of aryl methyl sites for hydroxylation is 2. The fraction of sp³-hybridized carbons (Fsp3) is 0.259. The largest absolute Gasteiger partial charge is 0.497 e. The molecule has 1 amide bonds. The fourth-order valence-electron chi connectivity index (χ4n) is 4.01. The number of nitrogens with zero attached hydrogens (tertiary/aromatic N) is 2. The summed E-state index contributed by atoms with van der Waals surface area (Å²) in [6.45, 7) is 4.80. The highest BCUT2D eigenvalue weighted by Crippen LogP contribution is 2.31. The van der Waals surface area contributed by atoms with Crippen LogP contribution in [0.4, 0.5) is 0 Å². The van der Waals surface area contributed by atoms with Crippen molar-refractivity contribution in [1.82, 2.24) is 14.7 Å². The molecule has 0 atom stereocenters. The normalized spacial score (nSPS) is 11.0. The monoisotopic (exact) mass is 461 g/mol. The van der Waals surface area contributed by atoms with Crippen molar-refractivity contribution in [3.05, 3.63) is 77.1 Å². The molecule has 2 heterocycles. The number of hydrogen-bond acceptors (Lipinski definition) is 3. The molecule has 6 heteroatoms. The summed E-state index contributed by atoms with van der Waals surface area (Å²) < 4.78 is 7.41. The first-order valence-corrected chi connectivity index (χ1v) is 11.6. The number of carbonyl (C=O) groups excluding carboxylic acids is 1. The zero-order chi connectivity index (χ0) is 23.4. The van der Waals surface area contributed by atoms with Crippen LogP contribution in [-0.2, 0) is 11.2 Å². The van der Waals surface area contributed by atoms with E-state index in [1.807, 2.05) is 55.5 Å². The third-order valence-corrected chi connectivity index (χ3v) is 5.98. The van der Waals surface area contributed by atoms with E-state index < -0.39 is 0 Å². The SMILES string of the molecule is CCCNC(=O)CCc1c(-c2ccc(OC)cc2)nc2ccc(-c3ccc(Cl)cc3C)cn12. The van der Waals surface area contributed by atoms with Crippen molar-refractivity contribution < 1.29 is 9.53 Å². The second-order valence-corrected chi connectivity index (χ2v) is 8.53. The van der Waals surface area contributed by atoms with Crippen molar-refractivity contribution in [2.75, 3.05) is 13.7 Å². The molecule has 0 radical (unpaired) electrons. The number of halogens is 1. The summed E-state index contributed by atoms with van der Waals surface area (Å²) in [7, 11) is 1.65. The molecule has 2 aromatic heterocycles. The Morgan fingerprint density at radius 2 is 1.85 bits per heavy atom. The van der Waals surface area contributed by atoms with E-state index in [-0.39, 0.29) is 5.91 Å². The van der Waals surface area contributed by atoms with Crippen molar-refractivity contribution in [1.29, 1.82) is 0 Å². The summed E-state index contributed by atoms with van der Waals surface area (Å²) in [6.07, 6.45) is 4.01. The number of hydrogen-bond donors (Lipinski definition) is 1. The Balaban J connectivity index is 1.79. The predicted molar refractivity (Wildman–Crippen MR) is 134 cm³/mol. The zero-order valence-electron chi connectivity index (χ0n) is 19.2. The third-order valence-electron chi connectivity index (χ3n) is 5.74. The maximum absolute atomic E-state index is 12.4. The van der Waals surface area contributed by atoms with Gasteiger partial charge < -0.3 is 14.5 Å². The van der Waals surface area contributed by atoms with E-state index >= 15 is 0 Å². The fourth-order valence-corrected chi connectivity index (χ4v) is 4.23. The minimum Gasteiger partial charge on any atom is -0.497 e. The quantitative estimate of drug-likeness (QED) is 0.345. The average molecular weight is 462 g/mol. The Morgan fingerprint density at radius 3 is 2.55 bits per heavy atom. The molecule has 33 heavy (non-hydrogen) atoms. The zero-order valence-corrected chi connectivity index (χ0v) is 19.9. The number of imidazole rings is 1. The van der Waals surface area contributed by atoms with E-state index in [9.17, 15) is 4.79 Å². The smallest absolute Gasteiger partial charge is 0.220 e. The number of pyridine rings is 1. The molecule has 0 aliphatic heterocycles. The molecule has 0 aliphatic rings. The summed E-state index contributed by atoms with van der Waals surface area (Å²) in [5.74, 6) is 0.848. The van der Waals surface area contributed by atoms with Crippen LogP contribution in [0.5, 0.6) is 5.75 Å². The summed E-state index contributed by atoms with van der Waals surface area (Å²) >= 11 is 6.16. The van der Waals surface area contributed by atoms with Crippen molar-refractivity contribution in [3.8, 4) is 28.1 Å². The maximum atomic E-state index is 12.4. The minimum absolute atomic E-state index is 0.0529. The minimum atomic E-state index is 0.0529. The molecule has 170 valence electrons. The number of ether oxygens (including phenoxy) is 1. The van der Waals surface area contributed by atoms with Crippen LogP contribution in [0.1, 0.15) is 31.0 Å². The van der Waals surface area contributed by atoms with Crippen LogP contribution >= 0.6 is 11.6 Å². The number of nitrogens with one attached hydrogen (secondary N) is 1. The molecule has 0 spiro atoms. The van der Waals surface area contributed by atoms with E-state index in [1.165, 1.54) is 0 Å². The van der Waals surface area contributed by atoms with Gasteiger partial charge in [0.15, 0.2) is 0 Å². The lowest BCUT2D eigenvalue weighted by atomic mass is 10.0. The second-order valence-electron chi connectivity index (χ2n) is 8.09. The van der Waals surface area contributed by atoms with Gasteiger partial charge >= 0.3 is 0 Å². The van der Waals surface area contributed by atoms with Gasteiger partial charge in [-0.3, -0.25) is 4.79 Å². The Hall–Kier alpha value is -3.31. The Labute approximate surface area is 199 Å². The number of rotatable bonds is 8. The Bertz CT molecular complexity index is 1280. The van der Waals surface area contributed by atoms with Crippen LogP contribution in [0.2, 0.25) is 5.02 Å². The molecular formula is C27H28ClN3O2. The van der Waals surface area contributed by atoms with Crippen molar-refractivity contribution in [3.63, 3.8) is 0 Å². The summed E-state index contributed by atoms with van der Waals surface area (Å²) in [5, 5.41) is 3.69. The molecule has 0 saturated carbocycles. The summed E-state index contributed by atoms with van der Waals surface area (Å²) in [5.41, 5.74) is 7.03. The maximum Gasteiger partial charge on any atom is 0.220 e. The van der Waals surface area contributed by atoms with E-state index in [2.05, 4.69) is 28.9 Å². The molecule has 0 fully saturated rings. The van der Waals surface area contributed by atoms with E-state index in [0.29, 0.717) is 19.4 Å². The number of benzene rings is 2. The van der Waals surface area contributed by atoms with Gasteiger partial charge in [0.2, 0.25) is 5.91 Å². The van der Waals surface area contributed by atoms with Gasteiger partial charge in [0.1, 0.15) is 11.4 Å². The molecule has 4 aromatic rings. The first-order chi connectivity index (χ1) is 16.0. The highest BCUT2D eigenvalue weighted by atomic mass is 35.5. The number of amides is 1. The van der Waals surface area contributed by atoms with Gasteiger partial charge in [0, 0.05) is 29.7 Å². The number of aromatic nitrogens is 2. The first kappa shape index (κ1) is 22.9. The molecule has 0 aliphatic carbocycles.